The first-order valence-corrected chi connectivity index (χ1v) is 7.96. The average molecular weight is 274 g/mol. The summed E-state index contributed by atoms with van der Waals surface area (Å²) < 4.78 is 6.09. The number of piperidine rings is 1. The predicted octanol–water partition coefficient (Wildman–Crippen LogP) is 2.45. The van der Waals surface area contributed by atoms with E-state index in [1.165, 1.54) is 44.7 Å². The second kappa shape index (κ2) is 6.59. The van der Waals surface area contributed by atoms with Crippen LogP contribution in [0.3, 0.4) is 0 Å². The van der Waals surface area contributed by atoms with E-state index in [1.54, 1.807) is 0 Å². The summed E-state index contributed by atoms with van der Waals surface area (Å²) in [4.78, 5) is 2.62. The van der Waals surface area contributed by atoms with Gasteiger partial charge in [0.1, 0.15) is 11.9 Å². The summed E-state index contributed by atoms with van der Waals surface area (Å²) in [6, 6.07) is 8.42. The lowest BCUT2D eigenvalue weighted by Crippen LogP contribution is -2.40. The first-order valence-electron chi connectivity index (χ1n) is 7.96. The van der Waals surface area contributed by atoms with E-state index >= 15 is 0 Å². The van der Waals surface area contributed by atoms with Crippen molar-refractivity contribution in [2.45, 2.75) is 32.3 Å². The molecule has 2 aliphatic rings. The SMILES string of the molecule is Cc1ccc(OC2CCN(CC3CCNC3)CC2)cc1. The number of nitrogens with one attached hydrogen (secondary N) is 1. The zero-order valence-corrected chi connectivity index (χ0v) is 12.5. The first kappa shape index (κ1) is 13.9. The molecule has 0 saturated carbocycles. The van der Waals surface area contributed by atoms with Gasteiger partial charge in [0.2, 0.25) is 0 Å². The molecule has 0 aliphatic carbocycles. The molecule has 20 heavy (non-hydrogen) atoms. The minimum Gasteiger partial charge on any atom is -0.490 e. The molecule has 1 atom stereocenters. The highest BCUT2D eigenvalue weighted by molar-refractivity contribution is 5.26. The minimum atomic E-state index is 0.399. The number of likely N-dealkylation sites (tertiary alicyclic amines) is 1. The first-order chi connectivity index (χ1) is 9.79. The fraction of sp³-hybridized carbons (Fsp3) is 0.647. The van der Waals surface area contributed by atoms with Crippen LogP contribution in [0.1, 0.15) is 24.8 Å². The molecule has 0 bridgehead atoms. The van der Waals surface area contributed by atoms with Gasteiger partial charge in [-0.25, -0.2) is 0 Å². The Morgan fingerprint density at radius 3 is 2.55 bits per heavy atom. The third kappa shape index (κ3) is 3.74. The van der Waals surface area contributed by atoms with Gasteiger partial charge in [0.25, 0.3) is 0 Å². The maximum Gasteiger partial charge on any atom is 0.119 e. The highest BCUT2D eigenvalue weighted by Gasteiger charge is 2.24. The van der Waals surface area contributed by atoms with Crippen molar-refractivity contribution in [2.24, 2.45) is 5.92 Å². The van der Waals surface area contributed by atoms with Crippen LogP contribution < -0.4 is 10.1 Å². The lowest BCUT2D eigenvalue weighted by atomic mass is 10.0. The topological polar surface area (TPSA) is 24.5 Å². The molecule has 0 amide bonds. The number of rotatable bonds is 4. The lowest BCUT2D eigenvalue weighted by molar-refractivity contribution is 0.0927. The van der Waals surface area contributed by atoms with Gasteiger partial charge in [0.15, 0.2) is 0 Å². The molecule has 3 rings (SSSR count). The van der Waals surface area contributed by atoms with E-state index in [1.807, 2.05) is 0 Å². The van der Waals surface area contributed by atoms with Crippen LogP contribution in [0.4, 0.5) is 0 Å². The summed E-state index contributed by atoms with van der Waals surface area (Å²) in [5.74, 6) is 1.89. The molecule has 110 valence electrons. The van der Waals surface area contributed by atoms with Crippen molar-refractivity contribution in [3.8, 4) is 5.75 Å². The number of benzene rings is 1. The summed E-state index contributed by atoms with van der Waals surface area (Å²) in [7, 11) is 0. The van der Waals surface area contributed by atoms with Gasteiger partial charge < -0.3 is 15.0 Å². The Balaban J connectivity index is 1.42. The van der Waals surface area contributed by atoms with Gasteiger partial charge in [-0.3, -0.25) is 0 Å². The molecule has 0 radical (unpaired) electrons. The van der Waals surface area contributed by atoms with Crippen LogP contribution in [0.5, 0.6) is 5.75 Å². The highest BCUT2D eigenvalue weighted by Crippen LogP contribution is 2.20. The van der Waals surface area contributed by atoms with E-state index in [0.717, 1.165) is 24.5 Å². The number of ether oxygens (including phenoxy) is 1. The molecule has 2 fully saturated rings. The Labute approximate surface area is 122 Å². The smallest absolute Gasteiger partial charge is 0.119 e. The maximum atomic E-state index is 6.09. The maximum absolute atomic E-state index is 6.09. The van der Waals surface area contributed by atoms with Crippen molar-refractivity contribution in [1.29, 1.82) is 0 Å². The molecule has 1 N–H and O–H groups in total. The average Bonchev–Trinajstić information content (AvgIpc) is 2.96. The summed E-state index contributed by atoms with van der Waals surface area (Å²) in [6.45, 7) is 8.17. The van der Waals surface area contributed by atoms with Gasteiger partial charge in [0, 0.05) is 19.6 Å². The van der Waals surface area contributed by atoms with Crippen molar-refractivity contribution in [3.05, 3.63) is 29.8 Å². The van der Waals surface area contributed by atoms with E-state index in [4.69, 9.17) is 4.74 Å². The number of nitrogens with zero attached hydrogens (tertiary/aromatic N) is 1. The molecule has 1 aromatic rings. The number of aryl methyl sites for hydroxylation is 1. The highest BCUT2D eigenvalue weighted by atomic mass is 16.5. The molecule has 3 nitrogen and oxygen atoms in total. The molecule has 0 spiro atoms. The van der Waals surface area contributed by atoms with Crippen molar-refractivity contribution in [3.63, 3.8) is 0 Å². The van der Waals surface area contributed by atoms with Crippen molar-refractivity contribution in [2.75, 3.05) is 32.7 Å². The van der Waals surface area contributed by atoms with Gasteiger partial charge in [-0.15, -0.1) is 0 Å². The Bertz CT molecular complexity index is 404. The van der Waals surface area contributed by atoms with Gasteiger partial charge in [-0.2, -0.15) is 0 Å². The van der Waals surface area contributed by atoms with Crippen LogP contribution in [0, 0.1) is 12.8 Å². The lowest BCUT2D eigenvalue weighted by Gasteiger charge is -2.33. The van der Waals surface area contributed by atoms with E-state index in [-0.39, 0.29) is 0 Å². The standard InChI is InChI=1S/C17H26N2O/c1-14-2-4-16(5-3-14)20-17-7-10-19(11-8-17)13-15-6-9-18-12-15/h2-5,15,17-18H,6-13H2,1H3. The Morgan fingerprint density at radius 1 is 1.15 bits per heavy atom. The summed E-state index contributed by atoms with van der Waals surface area (Å²) in [5.41, 5.74) is 1.29. The second-order valence-corrected chi connectivity index (χ2v) is 6.29. The summed E-state index contributed by atoms with van der Waals surface area (Å²) >= 11 is 0. The fourth-order valence-corrected chi connectivity index (χ4v) is 3.25. The van der Waals surface area contributed by atoms with Crippen LogP contribution in [0.15, 0.2) is 24.3 Å². The molecule has 1 aromatic carbocycles. The summed E-state index contributed by atoms with van der Waals surface area (Å²) in [5, 5.41) is 3.46. The molecule has 1 unspecified atom stereocenters. The fourth-order valence-electron chi connectivity index (χ4n) is 3.25. The Kier molecular flexibility index (Phi) is 4.58. The van der Waals surface area contributed by atoms with Crippen molar-refractivity contribution in [1.82, 2.24) is 10.2 Å². The van der Waals surface area contributed by atoms with Crippen LogP contribution in [-0.4, -0.2) is 43.7 Å². The van der Waals surface area contributed by atoms with E-state index in [0.29, 0.717) is 6.10 Å². The zero-order valence-electron chi connectivity index (χ0n) is 12.5. The molecular weight excluding hydrogens is 248 g/mol. The molecule has 2 saturated heterocycles. The molecule has 0 aromatic heterocycles. The number of hydrogen-bond donors (Lipinski definition) is 1. The van der Waals surface area contributed by atoms with E-state index in [2.05, 4.69) is 41.4 Å². The third-order valence-electron chi connectivity index (χ3n) is 4.54. The van der Waals surface area contributed by atoms with Crippen LogP contribution in [-0.2, 0) is 0 Å². The molecular formula is C17H26N2O. The van der Waals surface area contributed by atoms with Crippen LogP contribution >= 0.6 is 0 Å². The zero-order chi connectivity index (χ0) is 13.8. The van der Waals surface area contributed by atoms with Gasteiger partial charge in [-0.05, 0) is 57.3 Å². The normalized spacial score (nSPS) is 24.9. The monoisotopic (exact) mass is 274 g/mol. The minimum absolute atomic E-state index is 0.399. The van der Waals surface area contributed by atoms with Gasteiger partial charge >= 0.3 is 0 Å². The Hall–Kier alpha value is -1.06. The van der Waals surface area contributed by atoms with E-state index < -0.39 is 0 Å². The molecule has 3 heteroatoms. The molecule has 2 heterocycles. The van der Waals surface area contributed by atoms with Gasteiger partial charge in [0.05, 0.1) is 0 Å². The predicted molar refractivity (Wildman–Crippen MR) is 82.2 cm³/mol. The summed E-state index contributed by atoms with van der Waals surface area (Å²) in [6.07, 6.45) is 4.07. The largest absolute Gasteiger partial charge is 0.490 e. The van der Waals surface area contributed by atoms with E-state index in [9.17, 15) is 0 Å². The quantitative estimate of drug-likeness (QED) is 0.913. The van der Waals surface area contributed by atoms with Crippen molar-refractivity contribution < 1.29 is 4.74 Å². The Morgan fingerprint density at radius 2 is 1.90 bits per heavy atom. The van der Waals surface area contributed by atoms with Crippen molar-refractivity contribution >= 4 is 0 Å². The van der Waals surface area contributed by atoms with Gasteiger partial charge in [-0.1, -0.05) is 17.7 Å². The second-order valence-electron chi connectivity index (χ2n) is 6.29. The third-order valence-corrected chi connectivity index (χ3v) is 4.54. The van der Waals surface area contributed by atoms with Crippen LogP contribution in [0.25, 0.3) is 0 Å². The molecule has 2 aliphatic heterocycles. The number of hydrogen-bond acceptors (Lipinski definition) is 3. The van der Waals surface area contributed by atoms with Crippen LogP contribution in [0.2, 0.25) is 0 Å².